The highest BCUT2D eigenvalue weighted by Crippen LogP contribution is 2.35. The van der Waals surface area contributed by atoms with Crippen LogP contribution in [0.15, 0.2) is 47.5 Å². The average Bonchev–Trinajstić information content (AvgIpc) is 3.17. The molecule has 3 aromatic heterocycles. The first-order valence-electron chi connectivity index (χ1n) is 8.60. The van der Waals surface area contributed by atoms with E-state index < -0.39 is 0 Å². The van der Waals surface area contributed by atoms with Gasteiger partial charge in [-0.3, -0.25) is 14.2 Å². The Morgan fingerprint density at radius 1 is 1.11 bits per heavy atom. The quantitative estimate of drug-likeness (QED) is 0.458. The molecule has 0 saturated carbocycles. The highest BCUT2D eigenvalue weighted by atomic mass is 32.1. The van der Waals surface area contributed by atoms with Crippen molar-refractivity contribution < 1.29 is 4.79 Å². The predicted octanol–water partition coefficient (Wildman–Crippen LogP) is 4.99. The summed E-state index contributed by atoms with van der Waals surface area (Å²) in [6, 6.07) is 11.9. The molecule has 4 rings (SSSR count). The van der Waals surface area contributed by atoms with E-state index in [9.17, 15) is 9.59 Å². The molecule has 3 heterocycles. The van der Waals surface area contributed by atoms with Crippen LogP contribution in [-0.2, 0) is 6.54 Å². The van der Waals surface area contributed by atoms with Crippen LogP contribution in [0.5, 0.6) is 0 Å². The number of benzene rings is 1. The summed E-state index contributed by atoms with van der Waals surface area (Å²) in [6.07, 6.45) is 1.49. The molecule has 0 spiro atoms. The van der Waals surface area contributed by atoms with Crippen molar-refractivity contribution >= 4 is 38.7 Å². The molecule has 0 aliphatic rings. The van der Waals surface area contributed by atoms with Crippen LogP contribution >= 0.6 is 22.7 Å². The van der Waals surface area contributed by atoms with Gasteiger partial charge < -0.3 is 0 Å². The molecule has 6 heteroatoms. The first-order chi connectivity index (χ1) is 13.0. The van der Waals surface area contributed by atoms with Crippen molar-refractivity contribution in [3.63, 3.8) is 0 Å². The molecule has 0 saturated heterocycles. The summed E-state index contributed by atoms with van der Waals surface area (Å²) in [6.45, 7) is 5.87. The maximum Gasteiger partial charge on any atom is 0.262 e. The van der Waals surface area contributed by atoms with Crippen molar-refractivity contribution in [1.29, 1.82) is 0 Å². The number of aryl methyl sites for hydroxylation is 3. The summed E-state index contributed by atoms with van der Waals surface area (Å²) >= 11 is 3.11. The Morgan fingerprint density at radius 3 is 2.52 bits per heavy atom. The Morgan fingerprint density at radius 2 is 1.85 bits per heavy atom. The summed E-state index contributed by atoms with van der Waals surface area (Å²) in [4.78, 5) is 34.0. The average molecular weight is 395 g/mol. The molecule has 0 aliphatic carbocycles. The zero-order valence-corrected chi connectivity index (χ0v) is 16.9. The number of rotatable bonds is 4. The van der Waals surface area contributed by atoms with Crippen LogP contribution in [0.25, 0.3) is 20.7 Å². The molecule has 0 amide bonds. The summed E-state index contributed by atoms with van der Waals surface area (Å²) in [5, 5.41) is 0.604. The molecule has 0 N–H and O–H groups in total. The van der Waals surface area contributed by atoms with Gasteiger partial charge in [0.2, 0.25) is 0 Å². The van der Waals surface area contributed by atoms with Crippen LogP contribution in [0.3, 0.4) is 0 Å². The Hall–Kier alpha value is -2.57. The van der Waals surface area contributed by atoms with Crippen LogP contribution in [0, 0.1) is 20.8 Å². The van der Waals surface area contributed by atoms with Crippen LogP contribution in [0.4, 0.5) is 0 Å². The fraction of sp³-hybridized carbons (Fsp3) is 0.190. The molecule has 0 unspecified atom stereocenters. The normalized spacial score (nSPS) is 11.2. The number of hydrogen-bond donors (Lipinski definition) is 0. The van der Waals surface area contributed by atoms with Crippen LogP contribution in [-0.4, -0.2) is 15.3 Å². The number of carbonyl (C=O) groups excluding carboxylic acids is 1. The topological polar surface area (TPSA) is 52.0 Å². The van der Waals surface area contributed by atoms with Gasteiger partial charge in [0.05, 0.1) is 18.3 Å². The second-order valence-corrected chi connectivity index (χ2v) is 8.99. The SMILES string of the molecule is Cc1cc(C(=O)Cn2cnc3sc(-c4ccccc4)c(C)c3c2=O)c(C)s1. The molecule has 136 valence electrons. The van der Waals surface area contributed by atoms with Crippen molar-refractivity contribution in [2.24, 2.45) is 0 Å². The highest BCUT2D eigenvalue weighted by Gasteiger charge is 2.18. The second-order valence-electron chi connectivity index (χ2n) is 6.53. The van der Waals surface area contributed by atoms with E-state index in [4.69, 9.17) is 0 Å². The van der Waals surface area contributed by atoms with Crippen molar-refractivity contribution in [2.45, 2.75) is 27.3 Å². The number of fused-ring (bicyclic) bond motifs is 1. The van der Waals surface area contributed by atoms with E-state index in [1.807, 2.05) is 57.2 Å². The first-order valence-corrected chi connectivity index (χ1v) is 10.2. The Balaban J connectivity index is 1.76. The zero-order chi connectivity index (χ0) is 19.1. The maximum absolute atomic E-state index is 13.0. The lowest BCUT2D eigenvalue weighted by atomic mass is 10.1. The third-order valence-electron chi connectivity index (χ3n) is 4.61. The third kappa shape index (κ3) is 3.15. The lowest BCUT2D eigenvalue weighted by molar-refractivity contribution is 0.0970. The van der Waals surface area contributed by atoms with Gasteiger partial charge in [0.1, 0.15) is 4.83 Å². The molecule has 0 radical (unpaired) electrons. The molecular formula is C21H18N2O2S2. The maximum atomic E-state index is 13.0. The van der Waals surface area contributed by atoms with E-state index in [0.717, 1.165) is 25.8 Å². The van der Waals surface area contributed by atoms with Gasteiger partial charge in [0, 0.05) is 20.2 Å². The summed E-state index contributed by atoms with van der Waals surface area (Å²) in [5.41, 5.74) is 2.53. The van der Waals surface area contributed by atoms with Gasteiger partial charge in [-0.15, -0.1) is 22.7 Å². The molecule has 0 atom stereocenters. The number of nitrogens with zero attached hydrogens (tertiary/aromatic N) is 2. The van der Waals surface area contributed by atoms with Crippen molar-refractivity contribution in [3.8, 4) is 10.4 Å². The summed E-state index contributed by atoms with van der Waals surface area (Å²) in [5.74, 6) is -0.0590. The molecule has 4 aromatic rings. The zero-order valence-electron chi connectivity index (χ0n) is 15.3. The lowest BCUT2D eigenvalue weighted by Crippen LogP contribution is -2.24. The third-order valence-corrected chi connectivity index (χ3v) is 6.82. The Bertz CT molecular complexity index is 1220. The Kier molecular flexibility index (Phi) is 4.53. The smallest absolute Gasteiger partial charge is 0.262 e. The minimum atomic E-state index is -0.158. The fourth-order valence-corrected chi connectivity index (χ4v) is 5.37. The fourth-order valence-electron chi connectivity index (χ4n) is 3.28. The van der Waals surface area contributed by atoms with E-state index in [1.54, 1.807) is 11.3 Å². The van der Waals surface area contributed by atoms with Crippen molar-refractivity contribution in [1.82, 2.24) is 9.55 Å². The van der Waals surface area contributed by atoms with E-state index >= 15 is 0 Å². The van der Waals surface area contributed by atoms with Gasteiger partial charge in [-0.25, -0.2) is 4.98 Å². The van der Waals surface area contributed by atoms with E-state index in [1.165, 1.54) is 22.2 Å². The molecule has 0 bridgehead atoms. The number of aromatic nitrogens is 2. The standard InChI is InChI=1S/C21H18N2O2S2/c1-12-9-16(14(3)26-12)17(24)10-23-11-22-20-18(21(23)25)13(2)19(27-20)15-7-5-4-6-8-15/h4-9,11H,10H2,1-3H3. The van der Waals surface area contributed by atoms with Gasteiger partial charge in [-0.1, -0.05) is 30.3 Å². The minimum Gasteiger partial charge on any atom is -0.292 e. The molecule has 0 fully saturated rings. The number of carbonyl (C=O) groups is 1. The largest absolute Gasteiger partial charge is 0.292 e. The molecule has 27 heavy (non-hydrogen) atoms. The van der Waals surface area contributed by atoms with Gasteiger partial charge >= 0.3 is 0 Å². The van der Waals surface area contributed by atoms with Crippen molar-refractivity contribution in [2.75, 3.05) is 0 Å². The minimum absolute atomic E-state index is 0.00867. The second kappa shape index (κ2) is 6.87. The van der Waals surface area contributed by atoms with Crippen LogP contribution in [0.2, 0.25) is 0 Å². The molecule has 0 aliphatic heterocycles. The molecule has 1 aromatic carbocycles. The van der Waals surface area contributed by atoms with Gasteiger partial charge in [-0.2, -0.15) is 0 Å². The number of thiophene rings is 2. The van der Waals surface area contributed by atoms with E-state index in [-0.39, 0.29) is 17.9 Å². The monoisotopic (exact) mass is 394 g/mol. The molecular weight excluding hydrogens is 376 g/mol. The van der Waals surface area contributed by atoms with Gasteiger partial charge in [0.15, 0.2) is 5.78 Å². The van der Waals surface area contributed by atoms with E-state index in [0.29, 0.717) is 15.8 Å². The van der Waals surface area contributed by atoms with Crippen molar-refractivity contribution in [3.05, 3.63) is 74.0 Å². The van der Waals surface area contributed by atoms with E-state index in [2.05, 4.69) is 4.98 Å². The molecule has 4 nitrogen and oxygen atoms in total. The lowest BCUT2D eigenvalue weighted by Gasteiger charge is -2.05. The summed E-state index contributed by atoms with van der Waals surface area (Å²) in [7, 11) is 0. The predicted molar refractivity (Wildman–Crippen MR) is 112 cm³/mol. The van der Waals surface area contributed by atoms with Gasteiger partial charge in [-0.05, 0) is 38.0 Å². The number of Topliss-reactive ketones (excluding diaryl/α,β-unsaturated/α-hetero) is 1. The number of ketones is 1. The van der Waals surface area contributed by atoms with Crippen LogP contribution < -0.4 is 5.56 Å². The first kappa shape index (κ1) is 17.8. The summed E-state index contributed by atoms with van der Waals surface area (Å²) < 4.78 is 1.42. The highest BCUT2D eigenvalue weighted by molar-refractivity contribution is 7.22. The van der Waals surface area contributed by atoms with Crippen LogP contribution in [0.1, 0.15) is 25.7 Å². The Labute approximate surface area is 164 Å². The van der Waals surface area contributed by atoms with Gasteiger partial charge in [0.25, 0.3) is 5.56 Å². The number of hydrogen-bond acceptors (Lipinski definition) is 5.